The van der Waals surface area contributed by atoms with Gasteiger partial charge in [0.05, 0.1) is 16.7 Å². The Labute approximate surface area is 145 Å². The third kappa shape index (κ3) is 3.19. The molecule has 2 heterocycles. The molecule has 0 atom stereocenters. The van der Waals surface area contributed by atoms with E-state index < -0.39 is 10.0 Å². The number of benzene rings is 1. The number of aryl methyl sites for hydroxylation is 1. The average molecular weight is 369 g/mol. The Balaban J connectivity index is 1.69. The van der Waals surface area contributed by atoms with Crippen LogP contribution in [0.25, 0.3) is 0 Å². The monoisotopic (exact) mass is 368 g/mol. The molecule has 0 bridgehead atoms. The summed E-state index contributed by atoms with van der Waals surface area (Å²) in [6.07, 6.45) is 1.48. The lowest BCUT2D eigenvalue weighted by atomic mass is 10.2. The van der Waals surface area contributed by atoms with Gasteiger partial charge in [-0.1, -0.05) is 11.6 Å². The van der Waals surface area contributed by atoms with Crippen molar-refractivity contribution in [2.75, 3.05) is 26.2 Å². The largest absolute Gasteiger partial charge is 0.469 e. The van der Waals surface area contributed by atoms with E-state index in [0.717, 1.165) is 0 Å². The summed E-state index contributed by atoms with van der Waals surface area (Å²) in [6, 6.07) is 7.72. The van der Waals surface area contributed by atoms with Crippen molar-refractivity contribution in [3.05, 3.63) is 52.9 Å². The van der Waals surface area contributed by atoms with E-state index in [-0.39, 0.29) is 23.9 Å². The minimum absolute atomic E-state index is 0.134. The first-order valence-corrected chi connectivity index (χ1v) is 9.30. The van der Waals surface area contributed by atoms with Crippen LogP contribution in [-0.4, -0.2) is 49.7 Å². The molecule has 0 unspecified atom stereocenters. The second-order valence-electron chi connectivity index (χ2n) is 5.54. The Kier molecular flexibility index (Phi) is 4.67. The molecule has 6 nitrogen and oxygen atoms in total. The van der Waals surface area contributed by atoms with E-state index in [0.29, 0.717) is 29.4 Å². The maximum Gasteiger partial charge on any atom is 0.257 e. The molecule has 128 valence electrons. The van der Waals surface area contributed by atoms with Gasteiger partial charge in [0.1, 0.15) is 5.76 Å². The Hall–Kier alpha value is -1.83. The Morgan fingerprint density at radius 3 is 2.25 bits per heavy atom. The van der Waals surface area contributed by atoms with Crippen LogP contribution in [0.5, 0.6) is 0 Å². The van der Waals surface area contributed by atoms with Gasteiger partial charge in [-0.25, -0.2) is 8.42 Å². The molecule has 1 saturated heterocycles. The molecular formula is C16H17ClN2O4S. The van der Waals surface area contributed by atoms with Crippen molar-refractivity contribution in [1.82, 2.24) is 9.21 Å². The standard InChI is InChI=1S/C16H17ClN2O4S/c1-12-15(6-11-23-12)16(20)18-7-9-19(10-8-18)24(21,22)14-4-2-13(17)3-5-14/h2-6,11H,7-10H2,1H3. The number of hydrogen-bond acceptors (Lipinski definition) is 4. The lowest BCUT2D eigenvalue weighted by Crippen LogP contribution is -2.50. The topological polar surface area (TPSA) is 70.8 Å². The number of amides is 1. The highest BCUT2D eigenvalue weighted by Crippen LogP contribution is 2.21. The molecule has 2 aromatic rings. The van der Waals surface area contributed by atoms with Gasteiger partial charge < -0.3 is 9.32 Å². The van der Waals surface area contributed by atoms with Gasteiger partial charge in [0, 0.05) is 31.2 Å². The molecule has 1 amide bonds. The number of furan rings is 1. The molecule has 1 aliphatic rings. The summed E-state index contributed by atoms with van der Waals surface area (Å²) >= 11 is 5.80. The fourth-order valence-electron chi connectivity index (χ4n) is 2.66. The van der Waals surface area contributed by atoms with Crippen molar-refractivity contribution in [2.24, 2.45) is 0 Å². The van der Waals surface area contributed by atoms with Crippen molar-refractivity contribution in [1.29, 1.82) is 0 Å². The van der Waals surface area contributed by atoms with E-state index in [1.54, 1.807) is 30.0 Å². The molecule has 3 rings (SSSR count). The smallest absolute Gasteiger partial charge is 0.257 e. The van der Waals surface area contributed by atoms with E-state index in [1.807, 2.05) is 0 Å². The molecule has 1 aromatic carbocycles. The summed E-state index contributed by atoms with van der Waals surface area (Å²) in [4.78, 5) is 14.3. The van der Waals surface area contributed by atoms with Crippen LogP contribution in [0, 0.1) is 6.92 Å². The second kappa shape index (κ2) is 6.58. The fourth-order valence-corrected chi connectivity index (χ4v) is 4.21. The van der Waals surface area contributed by atoms with Crippen molar-refractivity contribution in [3.8, 4) is 0 Å². The van der Waals surface area contributed by atoms with Crippen LogP contribution in [-0.2, 0) is 10.0 Å². The molecular weight excluding hydrogens is 352 g/mol. The van der Waals surface area contributed by atoms with E-state index in [9.17, 15) is 13.2 Å². The number of halogens is 1. The van der Waals surface area contributed by atoms with E-state index in [2.05, 4.69) is 0 Å². The lowest BCUT2D eigenvalue weighted by molar-refractivity contribution is 0.0696. The number of piperazine rings is 1. The predicted molar refractivity (Wildman–Crippen MR) is 89.6 cm³/mol. The molecule has 1 aliphatic heterocycles. The molecule has 0 radical (unpaired) electrons. The highest BCUT2D eigenvalue weighted by molar-refractivity contribution is 7.89. The van der Waals surface area contributed by atoms with E-state index in [4.69, 9.17) is 16.0 Å². The SMILES string of the molecule is Cc1occc1C(=O)N1CCN(S(=O)(=O)c2ccc(Cl)cc2)CC1. The summed E-state index contributed by atoms with van der Waals surface area (Å²) in [5, 5.41) is 0.486. The minimum atomic E-state index is -3.57. The van der Waals surface area contributed by atoms with Crippen LogP contribution in [0.15, 0.2) is 45.9 Å². The number of carbonyl (C=O) groups excluding carboxylic acids is 1. The van der Waals surface area contributed by atoms with Crippen molar-refractivity contribution >= 4 is 27.5 Å². The summed E-state index contributed by atoms with van der Waals surface area (Å²) in [6.45, 7) is 2.93. The number of hydrogen-bond donors (Lipinski definition) is 0. The highest BCUT2D eigenvalue weighted by atomic mass is 35.5. The molecule has 0 N–H and O–H groups in total. The average Bonchev–Trinajstić information content (AvgIpc) is 3.01. The summed E-state index contributed by atoms with van der Waals surface area (Å²) < 4.78 is 31.8. The van der Waals surface area contributed by atoms with Crippen LogP contribution in [0.4, 0.5) is 0 Å². The Morgan fingerprint density at radius 2 is 1.71 bits per heavy atom. The van der Waals surface area contributed by atoms with Gasteiger partial charge in [-0.05, 0) is 37.3 Å². The van der Waals surface area contributed by atoms with Crippen molar-refractivity contribution in [3.63, 3.8) is 0 Å². The molecule has 0 spiro atoms. The van der Waals surface area contributed by atoms with Gasteiger partial charge in [-0.2, -0.15) is 4.31 Å². The minimum Gasteiger partial charge on any atom is -0.469 e. The van der Waals surface area contributed by atoms with E-state index >= 15 is 0 Å². The second-order valence-corrected chi connectivity index (χ2v) is 7.92. The Bertz CT molecular complexity index is 837. The zero-order valence-electron chi connectivity index (χ0n) is 13.1. The zero-order valence-corrected chi connectivity index (χ0v) is 14.7. The summed E-state index contributed by atoms with van der Waals surface area (Å²) in [5.41, 5.74) is 0.518. The van der Waals surface area contributed by atoms with Gasteiger partial charge in [-0.3, -0.25) is 4.79 Å². The van der Waals surface area contributed by atoms with Crippen molar-refractivity contribution < 1.29 is 17.6 Å². The molecule has 1 fully saturated rings. The van der Waals surface area contributed by atoms with Crippen LogP contribution in [0.1, 0.15) is 16.1 Å². The number of carbonyl (C=O) groups is 1. The summed E-state index contributed by atoms with van der Waals surface area (Å²) in [5.74, 6) is 0.431. The van der Waals surface area contributed by atoms with Crippen LogP contribution < -0.4 is 0 Å². The molecule has 0 aliphatic carbocycles. The number of sulfonamides is 1. The number of rotatable bonds is 3. The van der Waals surface area contributed by atoms with Crippen molar-refractivity contribution in [2.45, 2.75) is 11.8 Å². The molecule has 1 aromatic heterocycles. The van der Waals surface area contributed by atoms with Gasteiger partial charge in [0.15, 0.2) is 0 Å². The van der Waals surface area contributed by atoms with Gasteiger partial charge in [-0.15, -0.1) is 0 Å². The molecule has 8 heteroatoms. The van der Waals surface area contributed by atoms with Gasteiger partial charge in [0.25, 0.3) is 5.91 Å². The maximum absolute atomic E-state index is 12.6. The first-order valence-electron chi connectivity index (χ1n) is 7.48. The fraction of sp³-hybridized carbons (Fsp3) is 0.312. The van der Waals surface area contributed by atoms with Crippen LogP contribution >= 0.6 is 11.6 Å². The molecule has 24 heavy (non-hydrogen) atoms. The maximum atomic E-state index is 12.6. The highest BCUT2D eigenvalue weighted by Gasteiger charge is 2.31. The van der Waals surface area contributed by atoms with Gasteiger partial charge in [0.2, 0.25) is 10.0 Å². The molecule has 0 saturated carbocycles. The third-order valence-electron chi connectivity index (χ3n) is 4.07. The lowest BCUT2D eigenvalue weighted by Gasteiger charge is -2.34. The van der Waals surface area contributed by atoms with Crippen LogP contribution in [0.2, 0.25) is 5.02 Å². The van der Waals surface area contributed by atoms with Gasteiger partial charge >= 0.3 is 0 Å². The predicted octanol–water partition coefficient (Wildman–Crippen LogP) is 2.39. The first-order chi connectivity index (χ1) is 11.4. The van der Waals surface area contributed by atoms with Crippen LogP contribution in [0.3, 0.4) is 0 Å². The zero-order chi connectivity index (χ0) is 17.3. The Morgan fingerprint density at radius 1 is 1.08 bits per heavy atom. The third-order valence-corrected chi connectivity index (χ3v) is 6.23. The number of nitrogens with zero attached hydrogens (tertiary/aromatic N) is 2. The quantitative estimate of drug-likeness (QED) is 0.834. The summed E-state index contributed by atoms with van der Waals surface area (Å²) in [7, 11) is -3.57. The van der Waals surface area contributed by atoms with E-state index in [1.165, 1.54) is 22.7 Å². The first kappa shape index (κ1) is 17.0. The normalized spacial score (nSPS) is 16.3.